The molecule has 2 saturated carbocycles. The highest BCUT2D eigenvalue weighted by Crippen LogP contribution is 2.35. The fourth-order valence-electron chi connectivity index (χ4n) is 4.78. The molecule has 126 valence electrons. The van der Waals surface area contributed by atoms with Crippen molar-refractivity contribution in [3.05, 3.63) is 0 Å². The number of hydrogen-bond donors (Lipinski definition) is 1. The van der Waals surface area contributed by atoms with Gasteiger partial charge >= 0.3 is 6.03 Å². The van der Waals surface area contributed by atoms with Crippen LogP contribution in [0, 0.1) is 17.8 Å². The van der Waals surface area contributed by atoms with Crippen LogP contribution in [0.3, 0.4) is 0 Å². The number of urea groups is 1. The van der Waals surface area contributed by atoms with E-state index in [0.717, 1.165) is 50.6 Å². The minimum atomic E-state index is 0.179. The first-order valence-electron chi connectivity index (χ1n) is 9.31. The molecule has 0 aromatic rings. The quantitative estimate of drug-likeness (QED) is 0.562. The standard InChI is InChI=1S/C18H31ClN2O/c1-13-9-16(19)7-8-17(10-13)20-18(22)21-11-14-5-3-2-4-6-15(14)12-21/h13-17H,2-12H2,1H3,(H,20,22)/t13?,14-,15?,16?,17?/m0/s1. The molecular formula is C18H31ClN2O. The lowest BCUT2D eigenvalue weighted by atomic mass is 9.92. The second kappa shape index (κ2) is 7.42. The van der Waals surface area contributed by atoms with Gasteiger partial charge in [0.1, 0.15) is 0 Å². The SMILES string of the molecule is CC1CC(Cl)CCC(NC(=O)N2CC3CCCCC[C@H]3C2)C1. The normalized spacial score (nSPS) is 39.7. The molecule has 3 fully saturated rings. The molecular weight excluding hydrogens is 296 g/mol. The van der Waals surface area contributed by atoms with Gasteiger partial charge in [-0.3, -0.25) is 0 Å². The van der Waals surface area contributed by atoms with E-state index in [0.29, 0.717) is 12.0 Å². The van der Waals surface area contributed by atoms with Crippen LogP contribution in [-0.4, -0.2) is 35.4 Å². The van der Waals surface area contributed by atoms with Crippen LogP contribution < -0.4 is 5.32 Å². The molecule has 4 unspecified atom stereocenters. The van der Waals surface area contributed by atoms with Crippen molar-refractivity contribution in [1.82, 2.24) is 10.2 Å². The van der Waals surface area contributed by atoms with Gasteiger partial charge < -0.3 is 10.2 Å². The molecule has 0 bridgehead atoms. The number of likely N-dealkylation sites (tertiary alicyclic amines) is 1. The van der Waals surface area contributed by atoms with Crippen LogP contribution in [0.1, 0.15) is 64.7 Å². The van der Waals surface area contributed by atoms with Gasteiger partial charge in [-0.1, -0.05) is 26.2 Å². The Morgan fingerprint density at radius 2 is 1.68 bits per heavy atom. The van der Waals surface area contributed by atoms with Gasteiger partial charge in [0, 0.05) is 24.5 Å². The second-order valence-electron chi connectivity index (χ2n) is 7.96. The van der Waals surface area contributed by atoms with Crippen LogP contribution in [-0.2, 0) is 0 Å². The molecule has 1 N–H and O–H groups in total. The van der Waals surface area contributed by atoms with Crippen LogP contribution in [0.5, 0.6) is 0 Å². The van der Waals surface area contributed by atoms with Gasteiger partial charge in [0.15, 0.2) is 0 Å². The molecule has 3 nitrogen and oxygen atoms in total. The molecule has 0 aromatic carbocycles. The van der Waals surface area contributed by atoms with Crippen molar-refractivity contribution in [3.63, 3.8) is 0 Å². The van der Waals surface area contributed by atoms with Crippen LogP contribution in [0.4, 0.5) is 4.79 Å². The van der Waals surface area contributed by atoms with Gasteiger partial charge in [0.05, 0.1) is 0 Å². The Bertz CT molecular complexity index is 375. The summed E-state index contributed by atoms with van der Waals surface area (Å²) in [5.74, 6) is 2.13. The Morgan fingerprint density at radius 3 is 2.36 bits per heavy atom. The lowest BCUT2D eigenvalue weighted by Crippen LogP contribution is -2.44. The van der Waals surface area contributed by atoms with Crippen molar-refractivity contribution in [3.8, 4) is 0 Å². The van der Waals surface area contributed by atoms with Gasteiger partial charge in [-0.2, -0.15) is 0 Å². The summed E-state index contributed by atoms with van der Waals surface area (Å²) >= 11 is 6.32. The summed E-state index contributed by atoms with van der Waals surface area (Å²) in [6.45, 7) is 4.22. The lowest BCUT2D eigenvalue weighted by molar-refractivity contribution is 0.199. The zero-order valence-corrected chi connectivity index (χ0v) is 14.7. The van der Waals surface area contributed by atoms with E-state index in [2.05, 4.69) is 17.1 Å². The summed E-state index contributed by atoms with van der Waals surface area (Å²) in [7, 11) is 0. The third kappa shape index (κ3) is 4.10. The van der Waals surface area contributed by atoms with Gasteiger partial charge in [-0.15, -0.1) is 11.6 Å². The van der Waals surface area contributed by atoms with Crippen LogP contribution in [0.25, 0.3) is 0 Å². The Balaban J connectivity index is 1.51. The molecule has 22 heavy (non-hydrogen) atoms. The molecule has 0 spiro atoms. The highest BCUT2D eigenvalue weighted by atomic mass is 35.5. The Labute approximate surface area is 140 Å². The van der Waals surface area contributed by atoms with Gasteiger partial charge in [0.25, 0.3) is 0 Å². The van der Waals surface area contributed by atoms with Crippen LogP contribution >= 0.6 is 11.6 Å². The van der Waals surface area contributed by atoms with Gasteiger partial charge in [0.2, 0.25) is 0 Å². The number of fused-ring (bicyclic) bond motifs is 1. The average molecular weight is 327 g/mol. The summed E-state index contributed by atoms with van der Waals surface area (Å²) in [4.78, 5) is 14.7. The monoisotopic (exact) mass is 326 g/mol. The smallest absolute Gasteiger partial charge is 0.317 e. The molecule has 2 aliphatic carbocycles. The highest BCUT2D eigenvalue weighted by molar-refractivity contribution is 6.20. The predicted molar refractivity (Wildman–Crippen MR) is 91.2 cm³/mol. The molecule has 5 atom stereocenters. The van der Waals surface area contributed by atoms with E-state index in [4.69, 9.17) is 11.6 Å². The van der Waals surface area contributed by atoms with E-state index in [1.807, 2.05) is 0 Å². The maximum atomic E-state index is 12.6. The lowest BCUT2D eigenvalue weighted by Gasteiger charge is -2.24. The van der Waals surface area contributed by atoms with Crippen LogP contribution in [0.2, 0.25) is 0 Å². The summed E-state index contributed by atoms with van der Waals surface area (Å²) in [5, 5.41) is 3.59. The topological polar surface area (TPSA) is 32.3 Å². The molecule has 1 saturated heterocycles. The van der Waals surface area contributed by atoms with E-state index in [-0.39, 0.29) is 11.4 Å². The van der Waals surface area contributed by atoms with E-state index >= 15 is 0 Å². The summed E-state index contributed by atoms with van der Waals surface area (Å²) in [5.41, 5.74) is 0. The average Bonchev–Trinajstić information content (AvgIpc) is 2.64. The van der Waals surface area contributed by atoms with Crippen molar-refractivity contribution in [1.29, 1.82) is 0 Å². The molecule has 1 aliphatic heterocycles. The number of nitrogens with one attached hydrogen (secondary N) is 1. The number of halogens is 1. The summed E-state index contributed by atoms with van der Waals surface area (Å²) in [6, 6.07) is 0.495. The number of amides is 2. The number of alkyl halides is 1. The van der Waals surface area contributed by atoms with E-state index in [9.17, 15) is 4.79 Å². The Hall–Kier alpha value is -0.440. The van der Waals surface area contributed by atoms with Crippen molar-refractivity contribution in [2.24, 2.45) is 17.8 Å². The fourth-order valence-corrected chi connectivity index (χ4v) is 5.21. The zero-order chi connectivity index (χ0) is 15.5. The van der Waals surface area contributed by atoms with E-state index in [1.54, 1.807) is 0 Å². The third-order valence-electron chi connectivity index (χ3n) is 6.01. The Morgan fingerprint density at radius 1 is 1.00 bits per heavy atom. The molecule has 0 aromatic heterocycles. The van der Waals surface area contributed by atoms with Gasteiger partial charge in [-0.05, 0) is 56.3 Å². The first-order chi connectivity index (χ1) is 10.6. The molecule has 1 heterocycles. The van der Waals surface area contributed by atoms with E-state index in [1.165, 1.54) is 32.1 Å². The maximum absolute atomic E-state index is 12.6. The van der Waals surface area contributed by atoms with Gasteiger partial charge in [-0.25, -0.2) is 4.79 Å². The highest BCUT2D eigenvalue weighted by Gasteiger charge is 2.36. The minimum Gasteiger partial charge on any atom is -0.335 e. The van der Waals surface area contributed by atoms with Crippen molar-refractivity contribution >= 4 is 17.6 Å². The first-order valence-corrected chi connectivity index (χ1v) is 9.75. The number of nitrogens with zero attached hydrogens (tertiary/aromatic N) is 1. The zero-order valence-electron chi connectivity index (χ0n) is 13.9. The first kappa shape index (κ1) is 16.4. The third-order valence-corrected chi connectivity index (χ3v) is 6.41. The summed E-state index contributed by atoms with van der Waals surface area (Å²) < 4.78 is 0. The number of carbonyl (C=O) groups excluding carboxylic acids is 1. The number of hydrogen-bond acceptors (Lipinski definition) is 1. The number of rotatable bonds is 1. The minimum absolute atomic E-state index is 0.179. The van der Waals surface area contributed by atoms with E-state index < -0.39 is 0 Å². The fraction of sp³-hybridized carbons (Fsp3) is 0.944. The number of carbonyl (C=O) groups is 1. The molecule has 2 amide bonds. The molecule has 4 heteroatoms. The maximum Gasteiger partial charge on any atom is 0.317 e. The largest absolute Gasteiger partial charge is 0.335 e. The molecule has 3 rings (SSSR count). The predicted octanol–water partition coefficient (Wildman–Crippen LogP) is 4.39. The van der Waals surface area contributed by atoms with Crippen molar-refractivity contribution in [2.45, 2.75) is 76.1 Å². The molecule has 3 aliphatic rings. The second-order valence-corrected chi connectivity index (χ2v) is 8.58. The molecule has 0 radical (unpaired) electrons. The van der Waals surface area contributed by atoms with Crippen molar-refractivity contribution in [2.75, 3.05) is 13.1 Å². The summed E-state index contributed by atoms with van der Waals surface area (Å²) in [6.07, 6.45) is 11.0. The van der Waals surface area contributed by atoms with Crippen molar-refractivity contribution < 1.29 is 4.79 Å². The Kier molecular flexibility index (Phi) is 5.54. The van der Waals surface area contributed by atoms with Crippen LogP contribution in [0.15, 0.2) is 0 Å².